The van der Waals surface area contributed by atoms with Crippen LogP contribution in [0.1, 0.15) is 33.4 Å². The normalized spacial score (nSPS) is 13.6. The molecule has 1 aliphatic rings. The lowest BCUT2D eigenvalue weighted by Gasteiger charge is -2.38. The Balaban J connectivity index is 1.81. The molecule has 6 aromatic rings. The fourth-order valence-electron chi connectivity index (χ4n) is 6.99. The fraction of sp³-hybridized carbons (Fsp3) is 0.0857. The van der Waals surface area contributed by atoms with Crippen molar-refractivity contribution in [3.8, 4) is 11.1 Å². The van der Waals surface area contributed by atoms with E-state index in [9.17, 15) is 0 Å². The van der Waals surface area contributed by atoms with E-state index in [1.165, 1.54) is 55.3 Å². The molecule has 0 spiro atoms. The molecule has 37 heavy (non-hydrogen) atoms. The number of hydrogen-bond acceptors (Lipinski definition) is 2. The molecule has 0 heterocycles. The molecule has 1 aliphatic carbocycles. The quantitative estimate of drug-likeness (QED) is 0.247. The van der Waals surface area contributed by atoms with Gasteiger partial charge in [-0.05, 0) is 81.3 Å². The standard InChI is InChI=1S/C35H28N2/c1-21-19-31(36)25-13-3-5-15-27(25)33(21)35(34-22(2)20-32(37)26-14-4-6-16-28(26)34)29-17-9-7-11-23(29)24-12-8-10-18-30(24)35/h3-20H,36-37H2,1-2H3. The molecule has 0 bridgehead atoms. The summed E-state index contributed by atoms with van der Waals surface area (Å²) in [4.78, 5) is 0. The van der Waals surface area contributed by atoms with E-state index in [1.54, 1.807) is 0 Å². The Hall–Kier alpha value is -4.56. The van der Waals surface area contributed by atoms with Crippen molar-refractivity contribution in [2.45, 2.75) is 19.3 Å². The summed E-state index contributed by atoms with van der Waals surface area (Å²) in [5, 5.41) is 4.54. The number of fused-ring (bicyclic) bond motifs is 5. The first-order chi connectivity index (χ1) is 18.0. The van der Waals surface area contributed by atoms with E-state index in [4.69, 9.17) is 11.5 Å². The molecule has 0 atom stereocenters. The van der Waals surface area contributed by atoms with Gasteiger partial charge in [-0.2, -0.15) is 0 Å². The average Bonchev–Trinajstić information content (AvgIpc) is 3.20. The summed E-state index contributed by atoms with van der Waals surface area (Å²) in [6.07, 6.45) is 0. The third kappa shape index (κ3) is 2.76. The zero-order chi connectivity index (χ0) is 25.3. The Kier molecular flexibility index (Phi) is 4.53. The Bertz CT molecular complexity index is 1740. The summed E-state index contributed by atoms with van der Waals surface area (Å²) in [6.45, 7) is 4.41. The minimum absolute atomic E-state index is 0.540. The van der Waals surface area contributed by atoms with Gasteiger partial charge >= 0.3 is 0 Å². The molecule has 0 aliphatic heterocycles. The molecular formula is C35H28N2. The lowest BCUT2D eigenvalue weighted by molar-refractivity contribution is 0.770. The summed E-state index contributed by atoms with van der Waals surface area (Å²) in [6, 6.07) is 39.2. The number of rotatable bonds is 2. The van der Waals surface area contributed by atoms with Crippen LogP contribution in [0.5, 0.6) is 0 Å². The van der Waals surface area contributed by atoms with Gasteiger partial charge in [0, 0.05) is 22.1 Å². The largest absolute Gasteiger partial charge is 0.398 e. The lowest BCUT2D eigenvalue weighted by atomic mass is 9.63. The molecule has 4 N–H and O–H groups in total. The molecule has 7 rings (SSSR count). The summed E-state index contributed by atoms with van der Waals surface area (Å²) in [5.74, 6) is 0. The second-order valence-electron chi connectivity index (χ2n) is 10.2. The van der Waals surface area contributed by atoms with Crippen molar-refractivity contribution < 1.29 is 0 Å². The number of nitrogen functional groups attached to an aromatic ring is 2. The predicted molar refractivity (Wildman–Crippen MR) is 157 cm³/mol. The van der Waals surface area contributed by atoms with Crippen LogP contribution < -0.4 is 11.5 Å². The van der Waals surface area contributed by atoms with E-state index in [2.05, 4.69) is 123 Å². The minimum atomic E-state index is -0.540. The van der Waals surface area contributed by atoms with Gasteiger partial charge in [-0.25, -0.2) is 0 Å². The van der Waals surface area contributed by atoms with E-state index in [0.29, 0.717) is 0 Å². The molecule has 178 valence electrons. The maximum Gasteiger partial charge on any atom is 0.0730 e. The maximum absolute atomic E-state index is 6.62. The molecule has 2 heteroatoms. The zero-order valence-corrected chi connectivity index (χ0v) is 21.0. The summed E-state index contributed by atoms with van der Waals surface area (Å²) >= 11 is 0. The SMILES string of the molecule is Cc1cc(N)c2ccccc2c1C1(c2c(C)cc(N)c3ccccc23)c2ccccc2-c2ccccc21. The van der Waals surface area contributed by atoms with Gasteiger partial charge in [0.2, 0.25) is 0 Å². The average molecular weight is 477 g/mol. The van der Waals surface area contributed by atoms with Crippen molar-refractivity contribution in [3.05, 3.63) is 143 Å². The lowest BCUT2D eigenvalue weighted by Crippen LogP contribution is -2.31. The van der Waals surface area contributed by atoms with E-state index in [1.807, 2.05) is 0 Å². The first kappa shape index (κ1) is 21.7. The van der Waals surface area contributed by atoms with Gasteiger partial charge in [0.1, 0.15) is 0 Å². The summed E-state index contributed by atoms with van der Waals surface area (Å²) in [7, 11) is 0. The zero-order valence-electron chi connectivity index (χ0n) is 21.0. The molecule has 0 aromatic heterocycles. The van der Waals surface area contributed by atoms with Gasteiger partial charge in [-0.1, -0.05) is 97.1 Å². The van der Waals surface area contributed by atoms with Crippen molar-refractivity contribution in [3.63, 3.8) is 0 Å². The molecule has 0 saturated heterocycles. The third-order valence-electron chi connectivity index (χ3n) is 8.25. The molecule has 6 aromatic carbocycles. The first-order valence-electron chi connectivity index (χ1n) is 12.8. The van der Waals surface area contributed by atoms with Crippen molar-refractivity contribution in [1.29, 1.82) is 0 Å². The van der Waals surface area contributed by atoms with Crippen molar-refractivity contribution in [2.75, 3.05) is 11.5 Å². The fourth-order valence-corrected chi connectivity index (χ4v) is 6.99. The van der Waals surface area contributed by atoms with Gasteiger partial charge in [-0.15, -0.1) is 0 Å². The maximum atomic E-state index is 6.62. The predicted octanol–water partition coefficient (Wildman–Crippen LogP) is 8.14. The van der Waals surface area contributed by atoms with Crippen LogP contribution in [0.15, 0.2) is 109 Å². The topological polar surface area (TPSA) is 52.0 Å². The number of benzene rings is 6. The molecule has 0 saturated carbocycles. The molecule has 0 radical (unpaired) electrons. The second kappa shape index (κ2) is 7.72. The van der Waals surface area contributed by atoms with Crippen LogP contribution in [0.4, 0.5) is 11.4 Å². The van der Waals surface area contributed by atoms with Crippen LogP contribution in [0.25, 0.3) is 32.7 Å². The molecular weight excluding hydrogens is 448 g/mol. The van der Waals surface area contributed by atoms with E-state index < -0.39 is 5.41 Å². The molecule has 0 unspecified atom stereocenters. The van der Waals surface area contributed by atoms with Gasteiger partial charge in [0.05, 0.1) is 5.41 Å². The van der Waals surface area contributed by atoms with Gasteiger partial charge in [0.25, 0.3) is 0 Å². The van der Waals surface area contributed by atoms with E-state index >= 15 is 0 Å². The van der Waals surface area contributed by atoms with E-state index in [-0.39, 0.29) is 0 Å². The molecule has 2 nitrogen and oxygen atoms in total. The number of nitrogens with two attached hydrogens (primary N) is 2. The van der Waals surface area contributed by atoms with Gasteiger partial charge < -0.3 is 11.5 Å². The Morgan fingerprint density at radius 2 is 0.811 bits per heavy atom. The number of hydrogen-bond donors (Lipinski definition) is 2. The minimum Gasteiger partial charge on any atom is -0.398 e. The van der Waals surface area contributed by atoms with Gasteiger partial charge in [0.15, 0.2) is 0 Å². The summed E-state index contributed by atoms with van der Waals surface area (Å²) in [5.41, 5.74) is 24.4. The third-order valence-corrected chi connectivity index (χ3v) is 8.25. The highest BCUT2D eigenvalue weighted by Gasteiger charge is 2.49. The van der Waals surface area contributed by atoms with Crippen LogP contribution in [-0.4, -0.2) is 0 Å². The van der Waals surface area contributed by atoms with Crippen LogP contribution >= 0.6 is 0 Å². The van der Waals surface area contributed by atoms with Crippen LogP contribution in [0, 0.1) is 13.8 Å². The number of anilines is 2. The first-order valence-corrected chi connectivity index (χ1v) is 12.8. The molecule has 0 amide bonds. The Morgan fingerprint density at radius 3 is 1.24 bits per heavy atom. The smallest absolute Gasteiger partial charge is 0.0730 e. The van der Waals surface area contributed by atoms with E-state index in [0.717, 1.165) is 22.1 Å². The van der Waals surface area contributed by atoms with Crippen molar-refractivity contribution in [1.82, 2.24) is 0 Å². The summed E-state index contributed by atoms with van der Waals surface area (Å²) < 4.78 is 0. The highest BCUT2D eigenvalue weighted by molar-refractivity contribution is 6.04. The number of aryl methyl sites for hydroxylation is 2. The Morgan fingerprint density at radius 1 is 0.459 bits per heavy atom. The van der Waals surface area contributed by atoms with Crippen LogP contribution in [0.3, 0.4) is 0 Å². The highest BCUT2D eigenvalue weighted by atomic mass is 14.6. The van der Waals surface area contributed by atoms with Gasteiger partial charge in [-0.3, -0.25) is 0 Å². The second-order valence-corrected chi connectivity index (χ2v) is 10.2. The van der Waals surface area contributed by atoms with Crippen molar-refractivity contribution in [2.24, 2.45) is 0 Å². The van der Waals surface area contributed by atoms with Crippen LogP contribution in [0.2, 0.25) is 0 Å². The monoisotopic (exact) mass is 476 g/mol. The van der Waals surface area contributed by atoms with Crippen LogP contribution in [-0.2, 0) is 5.41 Å². The molecule has 0 fully saturated rings. The Labute approximate surface area is 217 Å². The van der Waals surface area contributed by atoms with Crippen molar-refractivity contribution >= 4 is 32.9 Å². The highest BCUT2D eigenvalue weighted by Crippen LogP contribution is 2.60.